The van der Waals surface area contributed by atoms with E-state index in [1.54, 1.807) is 24.5 Å². The molecule has 1 aromatic rings. The van der Waals surface area contributed by atoms with Gasteiger partial charge < -0.3 is 5.11 Å². The van der Waals surface area contributed by atoms with Gasteiger partial charge in [-0.2, -0.15) is 0 Å². The Bertz CT molecular complexity index is 236. The van der Waals surface area contributed by atoms with Crippen LogP contribution < -0.4 is 0 Å². The first-order valence-electron chi connectivity index (χ1n) is 3.90. The highest BCUT2D eigenvalue weighted by atomic mass is 16.3. The molecule has 1 atom stereocenters. The third-order valence-corrected chi connectivity index (χ3v) is 1.53. The van der Waals surface area contributed by atoms with Crippen LogP contribution in [-0.2, 0) is 0 Å². The minimum Gasteiger partial charge on any atom is -0.385 e. The molecule has 0 bridgehead atoms. The Kier molecular flexibility index (Phi) is 3.41. The molecular weight excluding hydrogens is 152 g/mol. The van der Waals surface area contributed by atoms with Gasteiger partial charge in [-0.1, -0.05) is 6.08 Å². The van der Waals surface area contributed by atoms with E-state index in [1.165, 1.54) is 0 Å². The molecule has 12 heavy (non-hydrogen) atoms. The van der Waals surface area contributed by atoms with E-state index in [2.05, 4.69) is 16.5 Å². The number of hydrogen-bond acceptors (Lipinski definition) is 3. The lowest BCUT2D eigenvalue weighted by Gasteiger charge is -2.05. The van der Waals surface area contributed by atoms with Crippen LogP contribution in [0.2, 0.25) is 0 Å². The quantitative estimate of drug-likeness (QED) is 0.685. The minimum atomic E-state index is -0.566. The molecule has 0 amide bonds. The van der Waals surface area contributed by atoms with Crippen molar-refractivity contribution in [2.45, 2.75) is 18.9 Å². The summed E-state index contributed by atoms with van der Waals surface area (Å²) in [6.07, 6.45) is 5.86. The van der Waals surface area contributed by atoms with E-state index in [0.717, 1.165) is 6.42 Å². The Labute approximate surface area is 71.8 Å². The van der Waals surface area contributed by atoms with E-state index < -0.39 is 6.10 Å². The highest BCUT2D eigenvalue weighted by Crippen LogP contribution is 2.12. The van der Waals surface area contributed by atoms with Crippen LogP contribution in [0.25, 0.3) is 0 Å². The molecule has 0 radical (unpaired) electrons. The third-order valence-electron chi connectivity index (χ3n) is 1.53. The molecule has 0 saturated carbocycles. The summed E-state index contributed by atoms with van der Waals surface area (Å²) in [5.74, 6) is 0.486. The molecule has 0 aliphatic carbocycles. The van der Waals surface area contributed by atoms with Crippen LogP contribution in [0, 0.1) is 0 Å². The fraction of sp³-hybridized carbons (Fsp3) is 0.333. The van der Waals surface area contributed by atoms with Crippen LogP contribution in [0.5, 0.6) is 0 Å². The summed E-state index contributed by atoms with van der Waals surface area (Å²) < 4.78 is 0. The van der Waals surface area contributed by atoms with Gasteiger partial charge >= 0.3 is 0 Å². The standard InChI is InChI=1S/C9H12N2O/c1-2-3-5-8(12)9-10-6-4-7-11-9/h2,4,6-8,12H,1,3,5H2. The van der Waals surface area contributed by atoms with Crippen molar-refractivity contribution in [3.05, 3.63) is 36.9 Å². The number of rotatable bonds is 4. The Morgan fingerprint density at radius 1 is 1.50 bits per heavy atom. The number of nitrogens with zero attached hydrogens (tertiary/aromatic N) is 2. The van der Waals surface area contributed by atoms with E-state index in [0.29, 0.717) is 12.2 Å². The Hall–Kier alpha value is -1.22. The fourth-order valence-corrected chi connectivity index (χ4v) is 0.888. The molecule has 0 aromatic carbocycles. The van der Waals surface area contributed by atoms with E-state index in [4.69, 9.17) is 0 Å². The molecule has 1 aromatic heterocycles. The van der Waals surface area contributed by atoms with Gasteiger partial charge in [0.2, 0.25) is 0 Å². The summed E-state index contributed by atoms with van der Waals surface area (Å²) in [5.41, 5.74) is 0. The van der Waals surface area contributed by atoms with E-state index in [-0.39, 0.29) is 0 Å². The smallest absolute Gasteiger partial charge is 0.156 e. The normalized spacial score (nSPS) is 12.4. The van der Waals surface area contributed by atoms with Gasteiger partial charge in [-0.05, 0) is 18.9 Å². The highest BCUT2D eigenvalue weighted by molar-refractivity contribution is 4.92. The molecule has 64 valence electrons. The van der Waals surface area contributed by atoms with Crippen LogP contribution in [0.4, 0.5) is 0 Å². The van der Waals surface area contributed by atoms with E-state index in [1.807, 2.05) is 0 Å². The van der Waals surface area contributed by atoms with Gasteiger partial charge in [-0.15, -0.1) is 6.58 Å². The van der Waals surface area contributed by atoms with Gasteiger partial charge in [0.05, 0.1) is 0 Å². The van der Waals surface area contributed by atoms with Crippen LogP contribution >= 0.6 is 0 Å². The lowest BCUT2D eigenvalue weighted by Crippen LogP contribution is -2.01. The van der Waals surface area contributed by atoms with Gasteiger partial charge in [0, 0.05) is 12.4 Å². The molecule has 1 unspecified atom stereocenters. The maximum atomic E-state index is 9.48. The monoisotopic (exact) mass is 164 g/mol. The van der Waals surface area contributed by atoms with Crippen molar-refractivity contribution in [3.8, 4) is 0 Å². The maximum absolute atomic E-state index is 9.48. The summed E-state index contributed by atoms with van der Waals surface area (Å²) in [5, 5.41) is 9.48. The fourth-order valence-electron chi connectivity index (χ4n) is 0.888. The molecule has 0 spiro atoms. The van der Waals surface area contributed by atoms with Crippen LogP contribution in [-0.4, -0.2) is 15.1 Å². The van der Waals surface area contributed by atoms with Gasteiger partial charge in [-0.25, -0.2) is 9.97 Å². The Morgan fingerprint density at radius 3 is 2.75 bits per heavy atom. The number of aliphatic hydroxyl groups excluding tert-OH is 1. The summed E-state index contributed by atoms with van der Waals surface area (Å²) in [4.78, 5) is 7.87. The zero-order chi connectivity index (χ0) is 8.81. The molecule has 0 aliphatic heterocycles. The number of aliphatic hydroxyl groups is 1. The van der Waals surface area contributed by atoms with Gasteiger partial charge in [0.15, 0.2) is 5.82 Å². The number of hydrogen-bond donors (Lipinski definition) is 1. The zero-order valence-electron chi connectivity index (χ0n) is 6.85. The van der Waals surface area contributed by atoms with Gasteiger partial charge in [-0.3, -0.25) is 0 Å². The zero-order valence-corrected chi connectivity index (χ0v) is 6.85. The van der Waals surface area contributed by atoms with Crippen LogP contribution in [0.1, 0.15) is 24.8 Å². The van der Waals surface area contributed by atoms with Crippen molar-refractivity contribution in [2.24, 2.45) is 0 Å². The van der Waals surface area contributed by atoms with Crippen molar-refractivity contribution >= 4 is 0 Å². The molecular formula is C9H12N2O. The van der Waals surface area contributed by atoms with Crippen molar-refractivity contribution in [3.63, 3.8) is 0 Å². The highest BCUT2D eigenvalue weighted by Gasteiger charge is 2.07. The second kappa shape index (κ2) is 4.62. The second-order valence-corrected chi connectivity index (χ2v) is 2.49. The first-order chi connectivity index (χ1) is 5.84. The minimum absolute atomic E-state index is 0.486. The summed E-state index contributed by atoms with van der Waals surface area (Å²) >= 11 is 0. The topological polar surface area (TPSA) is 46.0 Å². The molecule has 0 saturated heterocycles. The first-order valence-corrected chi connectivity index (χ1v) is 3.90. The van der Waals surface area contributed by atoms with Gasteiger partial charge in [0.1, 0.15) is 6.10 Å². The molecule has 3 heteroatoms. The van der Waals surface area contributed by atoms with E-state index in [9.17, 15) is 5.11 Å². The van der Waals surface area contributed by atoms with Gasteiger partial charge in [0.25, 0.3) is 0 Å². The predicted octanol–water partition coefficient (Wildman–Crippen LogP) is 1.48. The summed E-state index contributed by atoms with van der Waals surface area (Å²) in [7, 11) is 0. The lowest BCUT2D eigenvalue weighted by molar-refractivity contribution is 0.159. The third kappa shape index (κ3) is 2.43. The largest absolute Gasteiger partial charge is 0.385 e. The van der Waals surface area contributed by atoms with Crippen molar-refractivity contribution < 1.29 is 5.11 Å². The predicted molar refractivity (Wildman–Crippen MR) is 46.4 cm³/mol. The second-order valence-electron chi connectivity index (χ2n) is 2.49. The van der Waals surface area contributed by atoms with E-state index >= 15 is 0 Å². The van der Waals surface area contributed by atoms with Crippen molar-refractivity contribution in [2.75, 3.05) is 0 Å². The van der Waals surface area contributed by atoms with Crippen molar-refractivity contribution in [1.29, 1.82) is 0 Å². The van der Waals surface area contributed by atoms with Crippen LogP contribution in [0.15, 0.2) is 31.1 Å². The molecule has 1 heterocycles. The lowest BCUT2D eigenvalue weighted by atomic mass is 10.2. The Balaban J connectivity index is 2.53. The maximum Gasteiger partial charge on any atom is 0.156 e. The SMILES string of the molecule is C=CCCC(O)c1ncccn1. The Morgan fingerprint density at radius 2 is 2.17 bits per heavy atom. The molecule has 0 aliphatic rings. The molecule has 1 rings (SSSR count). The summed E-state index contributed by atoms with van der Waals surface area (Å²) in [6, 6.07) is 1.73. The molecule has 1 N–H and O–H groups in total. The van der Waals surface area contributed by atoms with Crippen molar-refractivity contribution in [1.82, 2.24) is 9.97 Å². The molecule has 0 fully saturated rings. The summed E-state index contributed by atoms with van der Waals surface area (Å²) in [6.45, 7) is 3.57. The number of allylic oxidation sites excluding steroid dienone is 1. The number of aromatic nitrogens is 2. The molecule has 3 nitrogen and oxygen atoms in total. The van der Waals surface area contributed by atoms with Crippen LogP contribution in [0.3, 0.4) is 0 Å². The average Bonchev–Trinajstić information content (AvgIpc) is 2.15. The average molecular weight is 164 g/mol. The first kappa shape index (κ1) is 8.87.